The SMILES string of the molecule is Cc1cc(C(C)(C)C)cc(Br)c1C(=[N+]=[N-])c1c(Br)cc(C#Cc2ccc(C34CC5(CS)CC(CS)(CC(CS)(C5)C3)C4)cc2)cc1Br. The second kappa shape index (κ2) is 13.0. The van der Waals surface area contributed by atoms with E-state index in [1.165, 1.54) is 49.7 Å². The van der Waals surface area contributed by atoms with Crippen LogP contribution in [0.25, 0.3) is 5.53 Å². The van der Waals surface area contributed by atoms with Crippen LogP contribution in [0.15, 0.2) is 61.9 Å². The molecule has 8 heteroatoms. The summed E-state index contributed by atoms with van der Waals surface area (Å²) in [7, 11) is 0. The summed E-state index contributed by atoms with van der Waals surface area (Å²) in [5.74, 6) is 9.58. The molecule has 0 radical (unpaired) electrons. The maximum atomic E-state index is 10.2. The van der Waals surface area contributed by atoms with Gasteiger partial charge in [-0.25, -0.2) is 0 Å². The van der Waals surface area contributed by atoms with Gasteiger partial charge in [-0.05, 0) is 185 Å². The highest BCUT2D eigenvalue weighted by Crippen LogP contribution is 2.74. The largest absolute Gasteiger partial charge is 0.361 e. The van der Waals surface area contributed by atoms with Crippen molar-refractivity contribution < 1.29 is 4.79 Å². The highest BCUT2D eigenvalue weighted by atomic mass is 79.9. The minimum Gasteiger partial charge on any atom is -0.361 e. The molecular formula is C39H41Br3N2S3. The molecule has 0 saturated heterocycles. The lowest BCUT2D eigenvalue weighted by molar-refractivity contribution is -0.145. The zero-order valence-electron chi connectivity index (χ0n) is 27.4. The summed E-state index contributed by atoms with van der Waals surface area (Å²) in [5, 5.41) is 0. The van der Waals surface area contributed by atoms with Crippen LogP contribution >= 0.6 is 85.7 Å². The van der Waals surface area contributed by atoms with Crippen molar-refractivity contribution in [2.75, 3.05) is 17.3 Å². The number of aryl methyl sites for hydroxylation is 1. The van der Waals surface area contributed by atoms with E-state index in [9.17, 15) is 5.53 Å². The minimum atomic E-state index is -0.00174. The van der Waals surface area contributed by atoms with Gasteiger partial charge in [0, 0.05) is 24.5 Å². The third-order valence-electron chi connectivity index (χ3n) is 11.0. The van der Waals surface area contributed by atoms with Gasteiger partial charge in [0.1, 0.15) is 0 Å². The monoisotopic (exact) mass is 870 g/mol. The number of thiol groups is 3. The predicted molar refractivity (Wildman–Crippen MR) is 217 cm³/mol. The lowest BCUT2D eigenvalue weighted by Crippen LogP contribution is -2.64. The molecule has 4 fully saturated rings. The van der Waals surface area contributed by atoms with Crippen LogP contribution in [-0.4, -0.2) is 27.8 Å². The molecule has 246 valence electrons. The normalized spacial score (nSPS) is 27.7. The van der Waals surface area contributed by atoms with Gasteiger partial charge in [0.05, 0.1) is 11.1 Å². The lowest BCUT2D eigenvalue weighted by atomic mass is 9.35. The summed E-state index contributed by atoms with van der Waals surface area (Å²) >= 11 is 26.0. The van der Waals surface area contributed by atoms with Crippen molar-refractivity contribution in [3.8, 4) is 11.8 Å². The molecule has 0 amide bonds. The molecule has 47 heavy (non-hydrogen) atoms. The van der Waals surface area contributed by atoms with Crippen LogP contribution in [0.1, 0.15) is 98.2 Å². The molecule has 4 bridgehead atoms. The van der Waals surface area contributed by atoms with Crippen LogP contribution in [-0.2, 0) is 10.8 Å². The second-order valence-corrected chi connectivity index (χ2v) is 19.3. The van der Waals surface area contributed by atoms with Crippen LogP contribution in [0.4, 0.5) is 0 Å². The van der Waals surface area contributed by atoms with Crippen molar-refractivity contribution in [2.24, 2.45) is 16.2 Å². The fraction of sp³-hybridized carbons (Fsp3) is 0.462. The summed E-state index contributed by atoms with van der Waals surface area (Å²) in [6.45, 7) is 8.62. The molecule has 4 aliphatic rings. The van der Waals surface area contributed by atoms with Crippen LogP contribution in [0, 0.1) is 35.0 Å². The summed E-state index contributed by atoms with van der Waals surface area (Å²) in [6, 6.07) is 17.3. The Bertz CT molecular complexity index is 1760. The zero-order chi connectivity index (χ0) is 34.0. The van der Waals surface area contributed by atoms with Gasteiger partial charge >= 0.3 is 5.71 Å². The van der Waals surface area contributed by atoms with Gasteiger partial charge in [0.15, 0.2) is 0 Å². The fourth-order valence-electron chi connectivity index (χ4n) is 9.72. The van der Waals surface area contributed by atoms with Crippen molar-refractivity contribution in [1.82, 2.24) is 0 Å². The molecule has 0 heterocycles. The number of rotatable bonds is 6. The molecule has 0 spiro atoms. The minimum absolute atomic E-state index is 0.00174. The average Bonchev–Trinajstić information content (AvgIpc) is 3.01. The topological polar surface area (TPSA) is 36.4 Å². The molecule has 0 N–H and O–H groups in total. The van der Waals surface area contributed by atoms with Gasteiger partial charge in [-0.1, -0.05) is 50.8 Å². The Morgan fingerprint density at radius 3 is 1.62 bits per heavy atom. The van der Waals surface area contributed by atoms with E-state index in [-0.39, 0.29) is 27.1 Å². The first-order chi connectivity index (χ1) is 22.1. The fourth-order valence-corrected chi connectivity index (χ4v) is 13.0. The van der Waals surface area contributed by atoms with Gasteiger partial charge in [0.2, 0.25) is 0 Å². The molecule has 0 unspecified atom stereocenters. The molecule has 0 aliphatic heterocycles. The predicted octanol–water partition coefficient (Wildman–Crippen LogP) is 11.4. The van der Waals surface area contributed by atoms with Gasteiger partial charge in [-0.3, -0.25) is 0 Å². The summed E-state index contributed by atoms with van der Waals surface area (Å²) in [5.41, 5.74) is 18.8. The smallest absolute Gasteiger partial charge is 0.333 e. The Labute approximate surface area is 322 Å². The first kappa shape index (κ1) is 35.9. The van der Waals surface area contributed by atoms with Crippen LogP contribution in [0.2, 0.25) is 0 Å². The second-order valence-electron chi connectivity index (χ2n) is 15.8. The van der Waals surface area contributed by atoms with Gasteiger partial charge in [-0.15, -0.1) is 0 Å². The maximum absolute atomic E-state index is 10.2. The van der Waals surface area contributed by atoms with E-state index in [1.807, 2.05) is 19.1 Å². The van der Waals surface area contributed by atoms with Crippen molar-refractivity contribution in [2.45, 2.75) is 77.0 Å². The molecular weight excluding hydrogens is 832 g/mol. The molecule has 4 saturated carbocycles. The summed E-state index contributed by atoms with van der Waals surface area (Å²) in [4.78, 5) is 3.77. The number of halogens is 3. The van der Waals surface area contributed by atoms with Crippen LogP contribution in [0.3, 0.4) is 0 Å². The lowest BCUT2D eigenvalue weighted by Gasteiger charge is -2.71. The molecule has 4 aliphatic carbocycles. The Morgan fingerprint density at radius 2 is 1.19 bits per heavy atom. The van der Waals surface area contributed by atoms with Gasteiger partial charge < -0.3 is 5.53 Å². The molecule has 3 aromatic carbocycles. The van der Waals surface area contributed by atoms with Crippen molar-refractivity contribution in [3.63, 3.8) is 0 Å². The van der Waals surface area contributed by atoms with Crippen molar-refractivity contribution in [3.05, 3.63) is 106 Å². The van der Waals surface area contributed by atoms with Crippen molar-refractivity contribution in [1.29, 1.82) is 0 Å². The highest BCUT2D eigenvalue weighted by Gasteiger charge is 2.67. The maximum Gasteiger partial charge on any atom is 0.333 e. The standard InChI is InChI=1S/C39H41Br3N2S3/c1-24-11-28(35(2,3)4)14-31(42)32(24)34(44-43)33-29(40)12-26(13-30(33)41)6-5-25-7-9-27(10-8-25)39-18-36(21-45)15-37(19-39,22-46)17-38(16-36,20-39)23-47/h7-14,45-47H,15-23H2,1-4H3. The average molecular weight is 874 g/mol. The van der Waals surface area contributed by atoms with E-state index in [0.717, 1.165) is 58.5 Å². The highest BCUT2D eigenvalue weighted by molar-refractivity contribution is 9.11. The molecule has 2 nitrogen and oxygen atoms in total. The Balaban J connectivity index is 1.28. The van der Waals surface area contributed by atoms with E-state index in [4.69, 9.17) is 37.9 Å². The van der Waals surface area contributed by atoms with E-state index < -0.39 is 0 Å². The number of hydrogen-bond donors (Lipinski definition) is 3. The zero-order valence-corrected chi connectivity index (χ0v) is 34.8. The van der Waals surface area contributed by atoms with E-state index in [2.05, 4.69) is 122 Å². The first-order valence-corrected chi connectivity index (χ1v) is 20.4. The number of hydrogen-bond acceptors (Lipinski definition) is 3. The van der Waals surface area contributed by atoms with Crippen LogP contribution in [0.5, 0.6) is 0 Å². The van der Waals surface area contributed by atoms with Crippen LogP contribution < -0.4 is 0 Å². The van der Waals surface area contributed by atoms with Gasteiger partial charge in [-0.2, -0.15) is 42.7 Å². The first-order valence-electron chi connectivity index (χ1n) is 16.1. The third-order valence-corrected chi connectivity index (χ3v) is 14.9. The van der Waals surface area contributed by atoms with Crippen molar-refractivity contribution >= 4 is 91.4 Å². The quantitative estimate of drug-likeness (QED) is 0.0726. The number of benzene rings is 3. The summed E-state index contributed by atoms with van der Waals surface area (Å²) < 4.78 is 2.47. The van der Waals surface area contributed by atoms with E-state index in [1.54, 1.807) is 0 Å². The van der Waals surface area contributed by atoms with E-state index in [0.29, 0.717) is 5.71 Å². The molecule has 7 rings (SSSR count). The Hall–Kier alpha value is -0.910. The molecule has 3 aromatic rings. The van der Waals surface area contributed by atoms with E-state index >= 15 is 0 Å². The Kier molecular flexibility index (Phi) is 9.94. The summed E-state index contributed by atoms with van der Waals surface area (Å²) in [6.07, 6.45) is 7.40. The molecule has 0 atom stereocenters. The Morgan fingerprint density at radius 1 is 0.723 bits per heavy atom. The number of nitrogens with zero attached hydrogens (tertiary/aromatic N) is 2. The van der Waals surface area contributed by atoms with Gasteiger partial charge in [0.25, 0.3) is 0 Å². The third kappa shape index (κ3) is 6.55. The molecule has 0 aromatic heterocycles.